The Morgan fingerprint density at radius 2 is 1.86 bits per heavy atom. The van der Waals surface area contributed by atoms with Crippen molar-refractivity contribution in [1.29, 1.82) is 0 Å². The van der Waals surface area contributed by atoms with Crippen molar-refractivity contribution >= 4 is 33.7 Å². The van der Waals surface area contributed by atoms with Crippen molar-refractivity contribution in [2.75, 3.05) is 13.2 Å². The van der Waals surface area contributed by atoms with E-state index in [4.69, 9.17) is 9.47 Å². The molecule has 0 bridgehead atoms. The van der Waals surface area contributed by atoms with E-state index in [0.29, 0.717) is 18.2 Å². The molecular formula is C19H18BrN3O4S. The van der Waals surface area contributed by atoms with Gasteiger partial charge in [0.2, 0.25) is 0 Å². The Hall–Kier alpha value is -2.52. The third-order valence-corrected chi connectivity index (χ3v) is 5.19. The zero-order valence-electron chi connectivity index (χ0n) is 15.1. The van der Waals surface area contributed by atoms with Gasteiger partial charge >= 0.3 is 11.7 Å². The van der Waals surface area contributed by atoms with E-state index in [1.807, 2.05) is 36.4 Å². The van der Waals surface area contributed by atoms with Crippen LogP contribution in [0.5, 0.6) is 5.75 Å². The van der Waals surface area contributed by atoms with Crippen molar-refractivity contribution in [3.05, 3.63) is 69.8 Å². The maximum absolute atomic E-state index is 12.5. The number of carbonyl (C=O) groups excluding carboxylic acids is 1. The number of hydrogen-bond donors (Lipinski definition) is 0. The summed E-state index contributed by atoms with van der Waals surface area (Å²) in [5.74, 6) is 0.557. The Balaban J connectivity index is 1.58. The zero-order valence-corrected chi connectivity index (χ0v) is 17.5. The van der Waals surface area contributed by atoms with Crippen LogP contribution in [0.3, 0.4) is 0 Å². The summed E-state index contributed by atoms with van der Waals surface area (Å²) >= 11 is 4.85. The lowest BCUT2D eigenvalue weighted by Gasteiger charge is -2.06. The molecule has 1 aromatic heterocycles. The zero-order chi connectivity index (χ0) is 19.9. The first kappa shape index (κ1) is 20.2. The van der Waals surface area contributed by atoms with Crippen LogP contribution in [-0.2, 0) is 15.4 Å². The van der Waals surface area contributed by atoms with E-state index in [-0.39, 0.29) is 12.3 Å². The maximum atomic E-state index is 12.5. The van der Waals surface area contributed by atoms with Crippen molar-refractivity contribution in [3.63, 3.8) is 0 Å². The highest BCUT2D eigenvalue weighted by atomic mass is 79.9. The summed E-state index contributed by atoms with van der Waals surface area (Å²) in [6.45, 7) is 1.95. The molecule has 0 aliphatic rings. The van der Waals surface area contributed by atoms with Gasteiger partial charge in [-0.25, -0.2) is 18.8 Å². The van der Waals surface area contributed by atoms with Gasteiger partial charge < -0.3 is 9.47 Å². The van der Waals surface area contributed by atoms with E-state index in [9.17, 15) is 9.59 Å². The van der Waals surface area contributed by atoms with Gasteiger partial charge in [0.15, 0.2) is 6.61 Å². The molecule has 0 amide bonds. The Bertz CT molecular complexity index is 984. The summed E-state index contributed by atoms with van der Waals surface area (Å²) in [4.78, 5) is 24.8. The largest absolute Gasteiger partial charge is 0.482 e. The van der Waals surface area contributed by atoms with Gasteiger partial charge in [-0.1, -0.05) is 15.9 Å². The topological polar surface area (TPSA) is 75.3 Å². The summed E-state index contributed by atoms with van der Waals surface area (Å²) in [6.07, 6.45) is 1.51. The van der Waals surface area contributed by atoms with Gasteiger partial charge in [0.05, 0.1) is 18.2 Å². The number of aromatic nitrogens is 3. The lowest BCUT2D eigenvalue weighted by atomic mass is 10.3. The van der Waals surface area contributed by atoms with Crippen LogP contribution >= 0.6 is 27.7 Å². The fraction of sp³-hybridized carbons (Fsp3) is 0.211. The predicted octanol–water partition coefficient (Wildman–Crippen LogP) is 3.49. The lowest BCUT2D eigenvalue weighted by Crippen LogP contribution is -2.23. The first-order valence-electron chi connectivity index (χ1n) is 8.48. The van der Waals surface area contributed by atoms with Crippen LogP contribution in [0.2, 0.25) is 0 Å². The minimum atomic E-state index is -0.401. The van der Waals surface area contributed by atoms with Crippen LogP contribution in [-0.4, -0.2) is 33.5 Å². The number of rotatable bonds is 8. The molecule has 3 rings (SSSR count). The molecule has 0 saturated carbocycles. The first-order valence-corrected chi connectivity index (χ1v) is 10.3. The normalized spacial score (nSPS) is 10.6. The fourth-order valence-corrected chi connectivity index (χ4v) is 3.36. The Kier molecular flexibility index (Phi) is 6.94. The molecule has 0 aliphatic carbocycles. The summed E-state index contributed by atoms with van der Waals surface area (Å²) in [6, 6.07) is 14.7. The molecule has 146 valence electrons. The van der Waals surface area contributed by atoms with Crippen LogP contribution < -0.4 is 10.4 Å². The molecular weight excluding hydrogens is 446 g/mol. The standard InChI is InChI=1S/C19H18BrN3O4S/c1-2-26-18(24)11-27-16-7-9-17(10-8-16)28-13-23-19(25)22(12-21-23)15-5-3-14(20)4-6-15/h3-10,12H,2,11,13H2,1H3. The molecule has 0 fully saturated rings. The van der Waals surface area contributed by atoms with E-state index in [2.05, 4.69) is 21.0 Å². The maximum Gasteiger partial charge on any atom is 0.351 e. The minimum absolute atomic E-state index is 0.122. The molecule has 0 spiro atoms. The summed E-state index contributed by atoms with van der Waals surface area (Å²) in [5.41, 5.74) is 0.553. The van der Waals surface area contributed by atoms with Crippen LogP contribution in [0.25, 0.3) is 5.69 Å². The quantitative estimate of drug-likeness (QED) is 0.375. The number of esters is 1. The van der Waals surface area contributed by atoms with Gasteiger partial charge in [0, 0.05) is 9.37 Å². The minimum Gasteiger partial charge on any atom is -0.482 e. The number of benzene rings is 2. The second-order valence-electron chi connectivity index (χ2n) is 5.60. The van der Waals surface area contributed by atoms with Gasteiger partial charge in [-0.2, -0.15) is 5.10 Å². The second-order valence-corrected chi connectivity index (χ2v) is 7.53. The summed E-state index contributed by atoms with van der Waals surface area (Å²) < 4.78 is 14.0. The van der Waals surface area contributed by atoms with E-state index >= 15 is 0 Å². The molecule has 7 nitrogen and oxygen atoms in total. The highest BCUT2D eigenvalue weighted by Gasteiger charge is 2.08. The molecule has 0 radical (unpaired) electrons. The van der Waals surface area contributed by atoms with Crippen LogP contribution in [0.15, 0.2) is 69.0 Å². The Morgan fingerprint density at radius 1 is 1.14 bits per heavy atom. The number of halogens is 1. The van der Waals surface area contributed by atoms with Gasteiger partial charge in [0.25, 0.3) is 0 Å². The number of ether oxygens (including phenoxy) is 2. The van der Waals surface area contributed by atoms with Crippen LogP contribution in [0, 0.1) is 0 Å². The molecule has 0 N–H and O–H groups in total. The molecule has 0 atom stereocenters. The van der Waals surface area contributed by atoms with Crippen molar-refractivity contribution < 1.29 is 14.3 Å². The lowest BCUT2D eigenvalue weighted by molar-refractivity contribution is -0.145. The third-order valence-electron chi connectivity index (χ3n) is 3.68. The number of carbonyl (C=O) groups is 1. The molecule has 0 unspecified atom stereocenters. The van der Waals surface area contributed by atoms with Crippen molar-refractivity contribution in [2.45, 2.75) is 17.7 Å². The predicted molar refractivity (Wildman–Crippen MR) is 110 cm³/mol. The Labute approximate surface area is 174 Å². The van der Waals surface area contributed by atoms with E-state index in [0.717, 1.165) is 15.1 Å². The highest BCUT2D eigenvalue weighted by molar-refractivity contribution is 9.10. The van der Waals surface area contributed by atoms with E-state index in [1.54, 1.807) is 19.1 Å². The van der Waals surface area contributed by atoms with E-state index < -0.39 is 5.97 Å². The van der Waals surface area contributed by atoms with Gasteiger partial charge in [0.1, 0.15) is 12.1 Å². The molecule has 28 heavy (non-hydrogen) atoms. The van der Waals surface area contributed by atoms with Crippen molar-refractivity contribution in [2.24, 2.45) is 0 Å². The van der Waals surface area contributed by atoms with Crippen LogP contribution in [0.1, 0.15) is 6.92 Å². The summed E-state index contributed by atoms with van der Waals surface area (Å²) in [5, 5.41) is 4.17. The molecule has 0 aliphatic heterocycles. The molecule has 2 aromatic carbocycles. The average Bonchev–Trinajstić information content (AvgIpc) is 3.07. The second kappa shape index (κ2) is 9.61. The van der Waals surface area contributed by atoms with Crippen molar-refractivity contribution in [3.8, 4) is 11.4 Å². The van der Waals surface area contributed by atoms with Gasteiger partial charge in [-0.05, 0) is 55.5 Å². The highest BCUT2D eigenvalue weighted by Crippen LogP contribution is 2.22. The first-order chi connectivity index (χ1) is 13.6. The average molecular weight is 464 g/mol. The number of hydrogen-bond acceptors (Lipinski definition) is 6. The third kappa shape index (κ3) is 5.26. The smallest absolute Gasteiger partial charge is 0.351 e. The van der Waals surface area contributed by atoms with Gasteiger partial charge in [-0.15, -0.1) is 11.8 Å². The van der Waals surface area contributed by atoms with Gasteiger partial charge in [-0.3, -0.25) is 0 Å². The van der Waals surface area contributed by atoms with Crippen molar-refractivity contribution in [1.82, 2.24) is 14.3 Å². The number of nitrogens with zero attached hydrogens (tertiary/aromatic N) is 3. The molecule has 3 aromatic rings. The SMILES string of the molecule is CCOC(=O)COc1ccc(SCn2ncn(-c3ccc(Br)cc3)c2=O)cc1. The fourth-order valence-electron chi connectivity index (χ4n) is 2.32. The van der Waals surface area contributed by atoms with E-state index in [1.165, 1.54) is 27.3 Å². The number of thioether (sulfide) groups is 1. The molecule has 0 saturated heterocycles. The Morgan fingerprint density at radius 3 is 2.54 bits per heavy atom. The molecule has 9 heteroatoms. The molecule has 1 heterocycles. The van der Waals surface area contributed by atoms with Crippen LogP contribution in [0.4, 0.5) is 0 Å². The monoisotopic (exact) mass is 463 g/mol. The summed E-state index contributed by atoms with van der Waals surface area (Å²) in [7, 11) is 0.